The predicted molar refractivity (Wildman–Crippen MR) is 125 cm³/mol. The molecule has 0 saturated carbocycles. The molecule has 2 aromatic carbocycles. The van der Waals surface area contributed by atoms with E-state index in [1.165, 1.54) is 6.07 Å². The zero-order valence-corrected chi connectivity index (χ0v) is 19.3. The number of nitrogens with zero attached hydrogens (tertiary/aromatic N) is 2. The van der Waals surface area contributed by atoms with Gasteiger partial charge in [0.15, 0.2) is 5.78 Å². The predicted octanol–water partition coefficient (Wildman–Crippen LogP) is 6.39. The molecule has 2 aromatic heterocycles. The molecule has 4 rings (SSSR count). The number of pyridine rings is 1. The summed E-state index contributed by atoms with van der Waals surface area (Å²) in [5.41, 5.74) is 1.88. The number of carbonyl (C=O) groups is 2. The Balaban J connectivity index is 1.57. The van der Waals surface area contributed by atoms with Crippen molar-refractivity contribution in [3.8, 4) is 11.4 Å². The van der Waals surface area contributed by atoms with Crippen molar-refractivity contribution in [1.29, 1.82) is 0 Å². The number of aromatic amines is 1. The fraction of sp³-hybridized carbons (Fsp3) is 0.167. The number of rotatable bonds is 7. The first-order chi connectivity index (χ1) is 16.5. The number of hydrogen-bond acceptors (Lipinski definition) is 4. The summed E-state index contributed by atoms with van der Waals surface area (Å²) in [5, 5.41) is 9.45. The summed E-state index contributed by atoms with van der Waals surface area (Å²) in [4.78, 5) is 34.5. The Hall–Kier alpha value is -3.43. The summed E-state index contributed by atoms with van der Waals surface area (Å²) in [6.45, 7) is 0. The summed E-state index contributed by atoms with van der Waals surface area (Å²) in [6.07, 6.45) is -3.41. The van der Waals surface area contributed by atoms with E-state index in [0.29, 0.717) is 49.2 Å². The number of fused-ring (bicyclic) bond motifs is 1. The van der Waals surface area contributed by atoms with Crippen molar-refractivity contribution in [3.63, 3.8) is 0 Å². The average molecular weight is 522 g/mol. The van der Waals surface area contributed by atoms with E-state index in [9.17, 15) is 22.8 Å². The Labute approximate surface area is 206 Å². The van der Waals surface area contributed by atoms with Crippen molar-refractivity contribution in [2.24, 2.45) is 0 Å². The second-order valence-corrected chi connectivity index (χ2v) is 8.61. The Bertz CT molecular complexity index is 1410. The largest absolute Gasteiger partial charge is 0.481 e. The number of H-pyrrole nitrogens is 1. The first-order valence-corrected chi connectivity index (χ1v) is 11.0. The van der Waals surface area contributed by atoms with E-state index in [1.807, 2.05) is 0 Å². The van der Waals surface area contributed by atoms with Crippen LogP contribution in [0.15, 0.2) is 48.7 Å². The van der Waals surface area contributed by atoms with E-state index in [1.54, 1.807) is 30.3 Å². The van der Waals surface area contributed by atoms with E-state index in [2.05, 4.69) is 15.0 Å². The lowest BCUT2D eigenvalue weighted by atomic mass is 10.0. The highest BCUT2D eigenvalue weighted by molar-refractivity contribution is 6.39. The number of nitrogens with one attached hydrogen (secondary N) is 1. The maximum atomic E-state index is 12.7. The number of aromatic nitrogens is 3. The molecule has 6 nitrogen and oxygen atoms in total. The Kier molecular flexibility index (Phi) is 6.82. The minimum atomic E-state index is -4.55. The molecule has 0 spiro atoms. The second-order valence-electron chi connectivity index (χ2n) is 7.79. The number of carbonyl (C=O) groups excluding carboxylic acids is 1. The van der Waals surface area contributed by atoms with Gasteiger partial charge in [0.2, 0.25) is 0 Å². The molecule has 0 aliphatic rings. The molecule has 0 bridgehead atoms. The Morgan fingerprint density at radius 3 is 2.31 bits per heavy atom. The van der Waals surface area contributed by atoms with Crippen LogP contribution in [0.3, 0.4) is 0 Å². The third-order valence-electron chi connectivity index (χ3n) is 5.25. The van der Waals surface area contributed by atoms with Crippen LogP contribution in [0.5, 0.6) is 0 Å². The molecule has 0 saturated heterocycles. The summed E-state index contributed by atoms with van der Waals surface area (Å²) < 4.78 is 38.0. The molecule has 4 aromatic rings. The van der Waals surface area contributed by atoms with Crippen molar-refractivity contribution in [1.82, 2.24) is 15.0 Å². The van der Waals surface area contributed by atoms with Crippen LogP contribution >= 0.6 is 23.2 Å². The third kappa shape index (κ3) is 5.63. The van der Waals surface area contributed by atoms with Gasteiger partial charge >= 0.3 is 12.1 Å². The number of halogens is 5. The zero-order chi connectivity index (χ0) is 25.3. The quantitative estimate of drug-likeness (QED) is 0.274. The second kappa shape index (κ2) is 9.67. The van der Waals surface area contributed by atoms with Crippen LogP contribution < -0.4 is 0 Å². The van der Waals surface area contributed by atoms with Gasteiger partial charge in [0, 0.05) is 24.6 Å². The van der Waals surface area contributed by atoms with Crippen LogP contribution in [0.2, 0.25) is 10.0 Å². The number of aliphatic carboxylic acids is 1. The Morgan fingerprint density at radius 1 is 1.00 bits per heavy atom. The van der Waals surface area contributed by atoms with Gasteiger partial charge in [-0.2, -0.15) is 13.2 Å². The van der Waals surface area contributed by atoms with Gasteiger partial charge in [0.05, 0.1) is 26.6 Å². The van der Waals surface area contributed by atoms with E-state index >= 15 is 0 Å². The number of imidazole rings is 1. The average Bonchev–Trinajstić information content (AvgIpc) is 3.19. The minimum absolute atomic E-state index is 0.0595. The standard InChI is InChI=1S/C24H16Cl2F3N3O3/c25-15-7-12(2-6-21(34)35)8-16(26)22(15)23-31-17-4-3-14(10-18(17)32-23)19(33)9-13-1-5-20(30-11-13)24(27,28)29/h1,3-5,7-8,10-11H,2,6,9H2,(H,31,32)(H,34,35). The highest BCUT2D eigenvalue weighted by Gasteiger charge is 2.32. The molecule has 0 radical (unpaired) electrons. The summed E-state index contributed by atoms with van der Waals surface area (Å²) in [6, 6.07) is 10.1. The van der Waals surface area contributed by atoms with Crippen molar-refractivity contribution in [2.75, 3.05) is 0 Å². The topological polar surface area (TPSA) is 95.9 Å². The molecule has 0 aliphatic carbocycles. The van der Waals surface area contributed by atoms with Gasteiger partial charge < -0.3 is 10.1 Å². The fourth-order valence-electron chi connectivity index (χ4n) is 3.53. The molecule has 2 N–H and O–H groups in total. The van der Waals surface area contributed by atoms with E-state index in [4.69, 9.17) is 28.3 Å². The summed E-state index contributed by atoms with van der Waals surface area (Å²) in [7, 11) is 0. The molecule has 35 heavy (non-hydrogen) atoms. The monoisotopic (exact) mass is 521 g/mol. The van der Waals surface area contributed by atoms with Gasteiger partial charge in [-0.1, -0.05) is 29.3 Å². The number of hydrogen-bond donors (Lipinski definition) is 2. The molecule has 2 heterocycles. The van der Waals surface area contributed by atoms with E-state index in [0.717, 1.165) is 12.3 Å². The molecule has 180 valence electrons. The maximum absolute atomic E-state index is 12.7. The molecule has 11 heteroatoms. The number of aryl methyl sites for hydroxylation is 1. The lowest BCUT2D eigenvalue weighted by molar-refractivity contribution is -0.141. The highest BCUT2D eigenvalue weighted by Crippen LogP contribution is 2.36. The highest BCUT2D eigenvalue weighted by atomic mass is 35.5. The number of carboxylic acid groups (broad SMARTS) is 1. The molecule has 0 aliphatic heterocycles. The first kappa shape index (κ1) is 24.7. The molecule has 0 amide bonds. The van der Waals surface area contributed by atoms with E-state index < -0.39 is 17.8 Å². The number of Topliss-reactive ketones (excluding diaryl/α,β-unsaturated/α-hetero) is 1. The van der Waals surface area contributed by atoms with Crippen LogP contribution in [0.1, 0.15) is 33.6 Å². The van der Waals surface area contributed by atoms with Crippen LogP contribution in [0.4, 0.5) is 13.2 Å². The number of benzene rings is 2. The van der Waals surface area contributed by atoms with Crippen molar-refractivity contribution < 1.29 is 27.9 Å². The SMILES string of the molecule is O=C(O)CCc1cc(Cl)c(-c2nc3ccc(C(=O)Cc4ccc(C(F)(F)F)nc4)cc3[nH]2)c(Cl)c1. The lowest BCUT2D eigenvalue weighted by Crippen LogP contribution is -2.09. The number of ketones is 1. The van der Waals surface area contributed by atoms with Gasteiger partial charge in [0.25, 0.3) is 0 Å². The van der Waals surface area contributed by atoms with Crippen LogP contribution in [-0.2, 0) is 23.8 Å². The smallest absolute Gasteiger partial charge is 0.433 e. The summed E-state index contributed by atoms with van der Waals surface area (Å²) >= 11 is 12.8. The molecular weight excluding hydrogens is 506 g/mol. The van der Waals surface area contributed by atoms with Crippen LogP contribution in [0.25, 0.3) is 22.4 Å². The van der Waals surface area contributed by atoms with Gasteiger partial charge in [-0.15, -0.1) is 0 Å². The van der Waals surface area contributed by atoms with Gasteiger partial charge in [-0.3, -0.25) is 14.6 Å². The van der Waals surface area contributed by atoms with Gasteiger partial charge in [0.1, 0.15) is 11.5 Å². The van der Waals surface area contributed by atoms with E-state index in [-0.39, 0.29) is 25.0 Å². The maximum Gasteiger partial charge on any atom is 0.433 e. The zero-order valence-electron chi connectivity index (χ0n) is 17.8. The first-order valence-electron chi connectivity index (χ1n) is 10.3. The molecular formula is C24H16Cl2F3N3O3. The number of alkyl halides is 3. The lowest BCUT2D eigenvalue weighted by Gasteiger charge is -2.07. The normalized spacial score (nSPS) is 11.7. The molecule has 0 atom stereocenters. The molecule has 0 unspecified atom stereocenters. The third-order valence-corrected chi connectivity index (χ3v) is 5.85. The van der Waals surface area contributed by atoms with Crippen molar-refractivity contribution >= 4 is 46.0 Å². The fourth-order valence-corrected chi connectivity index (χ4v) is 4.24. The minimum Gasteiger partial charge on any atom is -0.481 e. The summed E-state index contributed by atoms with van der Waals surface area (Å²) in [5.74, 6) is -0.863. The molecule has 0 fully saturated rings. The number of carboxylic acids is 1. The van der Waals surface area contributed by atoms with Crippen molar-refractivity contribution in [2.45, 2.75) is 25.4 Å². The van der Waals surface area contributed by atoms with Crippen LogP contribution in [0, 0.1) is 0 Å². The Morgan fingerprint density at radius 2 is 1.71 bits per heavy atom. The van der Waals surface area contributed by atoms with Gasteiger partial charge in [-0.25, -0.2) is 4.98 Å². The van der Waals surface area contributed by atoms with Crippen molar-refractivity contribution in [3.05, 3.63) is 81.1 Å². The van der Waals surface area contributed by atoms with Crippen LogP contribution in [-0.4, -0.2) is 31.8 Å². The van der Waals surface area contributed by atoms with Gasteiger partial charge in [-0.05, 0) is 53.9 Å².